The van der Waals surface area contributed by atoms with Crippen molar-refractivity contribution in [2.24, 2.45) is 0 Å². The molecule has 76 valence electrons. The summed E-state index contributed by atoms with van der Waals surface area (Å²) in [5, 5.41) is 1.83. The first-order valence-electron chi connectivity index (χ1n) is 4.83. The summed E-state index contributed by atoms with van der Waals surface area (Å²) < 4.78 is 12.9. The molecule has 0 radical (unpaired) electrons. The van der Waals surface area contributed by atoms with Crippen LogP contribution in [0.2, 0.25) is 0 Å². The molecule has 0 aliphatic carbocycles. The second-order valence-electron chi connectivity index (χ2n) is 3.70. The zero-order valence-corrected chi connectivity index (χ0v) is 8.46. The third-order valence-corrected chi connectivity index (χ3v) is 2.32. The number of rotatable bonds is 2. The van der Waals surface area contributed by atoms with Gasteiger partial charge in [-0.05, 0) is 35.4 Å². The Labute approximate surface area is 87.5 Å². The van der Waals surface area contributed by atoms with Crippen molar-refractivity contribution in [3.63, 3.8) is 0 Å². The first-order chi connectivity index (χ1) is 7.15. The molecule has 0 saturated carbocycles. The Kier molecular flexibility index (Phi) is 2.50. The van der Waals surface area contributed by atoms with Crippen molar-refractivity contribution in [3.8, 4) is 0 Å². The van der Waals surface area contributed by atoms with Gasteiger partial charge in [0, 0.05) is 6.42 Å². The molecule has 2 aromatic rings. The van der Waals surface area contributed by atoms with E-state index in [1.54, 1.807) is 13.0 Å². The van der Waals surface area contributed by atoms with Gasteiger partial charge < -0.3 is 0 Å². The van der Waals surface area contributed by atoms with Gasteiger partial charge in [0.2, 0.25) is 0 Å². The highest BCUT2D eigenvalue weighted by molar-refractivity contribution is 5.85. The Balaban J connectivity index is 2.47. The number of carbonyl (C=O) groups excluding carboxylic acids is 1. The Morgan fingerprint density at radius 1 is 1.13 bits per heavy atom. The van der Waals surface area contributed by atoms with Crippen LogP contribution in [0, 0.1) is 5.82 Å². The number of ketones is 1. The van der Waals surface area contributed by atoms with Crippen LogP contribution in [0.15, 0.2) is 36.4 Å². The lowest BCUT2D eigenvalue weighted by atomic mass is 10.0. The van der Waals surface area contributed by atoms with Crippen LogP contribution in [0.5, 0.6) is 0 Å². The second kappa shape index (κ2) is 3.81. The number of halogens is 1. The van der Waals surface area contributed by atoms with E-state index in [1.807, 2.05) is 18.2 Å². The third-order valence-electron chi connectivity index (χ3n) is 2.32. The number of carbonyl (C=O) groups is 1. The van der Waals surface area contributed by atoms with Crippen molar-refractivity contribution in [1.29, 1.82) is 0 Å². The highest BCUT2D eigenvalue weighted by atomic mass is 19.1. The number of fused-ring (bicyclic) bond motifs is 1. The first kappa shape index (κ1) is 9.84. The van der Waals surface area contributed by atoms with Gasteiger partial charge in [0.25, 0.3) is 0 Å². The molecule has 0 amide bonds. The van der Waals surface area contributed by atoms with Crippen molar-refractivity contribution in [3.05, 3.63) is 47.8 Å². The van der Waals surface area contributed by atoms with Crippen molar-refractivity contribution < 1.29 is 9.18 Å². The average molecular weight is 202 g/mol. The van der Waals surface area contributed by atoms with Crippen LogP contribution < -0.4 is 0 Å². The SMILES string of the molecule is CC(=O)Cc1ccc2cc(F)ccc2c1. The molecule has 0 atom stereocenters. The molecule has 0 bridgehead atoms. The highest BCUT2D eigenvalue weighted by Gasteiger charge is 2.00. The van der Waals surface area contributed by atoms with E-state index in [4.69, 9.17) is 0 Å². The van der Waals surface area contributed by atoms with Crippen LogP contribution in [0.4, 0.5) is 4.39 Å². The fourth-order valence-electron chi connectivity index (χ4n) is 1.66. The van der Waals surface area contributed by atoms with E-state index < -0.39 is 0 Å². The molecule has 0 aromatic heterocycles. The first-order valence-corrected chi connectivity index (χ1v) is 4.83. The lowest BCUT2D eigenvalue weighted by Gasteiger charge is -2.01. The topological polar surface area (TPSA) is 17.1 Å². The molecule has 0 heterocycles. The van der Waals surface area contributed by atoms with Gasteiger partial charge in [0.15, 0.2) is 0 Å². The molecule has 2 heteroatoms. The molecule has 0 spiro atoms. The molecule has 0 fully saturated rings. The Bertz CT molecular complexity index is 517. The molecule has 1 nitrogen and oxygen atoms in total. The predicted octanol–water partition coefficient (Wildman–Crippen LogP) is 3.11. The van der Waals surface area contributed by atoms with E-state index in [-0.39, 0.29) is 11.6 Å². The third kappa shape index (κ3) is 2.21. The van der Waals surface area contributed by atoms with Gasteiger partial charge >= 0.3 is 0 Å². The second-order valence-corrected chi connectivity index (χ2v) is 3.70. The van der Waals surface area contributed by atoms with Crippen LogP contribution in [0.3, 0.4) is 0 Å². The van der Waals surface area contributed by atoms with Gasteiger partial charge in [-0.15, -0.1) is 0 Å². The summed E-state index contributed by atoms with van der Waals surface area (Å²) in [6.45, 7) is 1.56. The minimum absolute atomic E-state index is 0.136. The summed E-state index contributed by atoms with van der Waals surface area (Å²) in [5.74, 6) is -0.0988. The van der Waals surface area contributed by atoms with Gasteiger partial charge in [-0.1, -0.05) is 24.3 Å². The minimum atomic E-state index is -0.234. The van der Waals surface area contributed by atoms with Gasteiger partial charge in [0.05, 0.1) is 0 Å². The molecular formula is C13H11FO. The van der Waals surface area contributed by atoms with Gasteiger partial charge in [-0.3, -0.25) is 4.79 Å². The molecule has 0 N–H and O–H groups in total. The Morgan fingerprint density at radius 3 is 2.53 bits per heavy atom. The molecule has 0 aliphatic heterocycles. The average Bonchev–Trinajstić information content (AvgIpc) is 2.17. The van der Waals surface area contributed by atoms with Gasteiger partial charge in [-0.2, -0.15) is 0 Å². The van der Waals surface area contributed by atoms with E-state index in [9.17, 15) is 9.18 Å². The summed E-state index contributed by atoms with van der Waals surface area (Å²) in [6.07, 6.45) is 0.438. The summed E-state index contributed by atoms with van der Waals surface area (Å²) in [5.41, 5.74) is 0.974. The Hall–Kier alpha value is -1.70. The van der Waals surface area contributed by atoms with Crippen molar-refractivity contribution in [2.45, 2.75) is 13.3 Å². The van der Waals surface area contributed by atoms with Crippen molar-refractivity contribution >= 4 is 16.6 Å². The lowest BCUT2D eigenvalue weighted by Crippen LogP contribution is -1.95. The van der Waals surface area contributed by atoms with Crippen LogP contribution in [-0.2, 0) is 11.2 Å². The van der Waals surface area contributed by atoms with Crippen molar-refractivity contribution in [1.82, 2.24) is 0 Å². The minimum Gasteiger partial charge on any atom is -0.300 e. The lowest BCUT2D eigenvalue weighted by molar-refractivity contribution is -0.116. The van der Waals surface area contributed by atoms with E-state index in [1.165, 1.54) is 12.1 Å². The zero-order chi connectivity index (χ0) is 10.8. The number of hydrogen-bond donors (Lipinski definition) is 0. The predicted molar refractivity (Wildman–Crippen MR) is 58.3 cm³/mol. The molecular weight excluding hydrogens is 191 g/mol. The zero-order valence-electron chi connectivity index (χ0n) is 8.46. The largest absolute Gasteiger partial charge is 0.300 e. The standard InChI is InChI=1S/C13H11FO/c1-9(15)6-10-2-3-12-8-13(14)5-4-11(12)7-10/h2-5,7-8H,6H2,1H3. The molecule has 2 aromatic carbocycles. The van der Waals surface area contributed by atoms with E-state index in [2.05, 4.69) is 0 Å². The maximum Gasteiger partial charge on any atom is 0.134 e. The molecule has 0 unspecified atom stereocenters. The van der Waals surface area contributed by atoms with E-state index >= 15 is 0 Å². The number of benzene rings is 2. The fraction of sp³-hybridized carbons (Fsp3) is 0.154. The van der Waals surface area contributed by atoms with Crippen LogP contribution in [0.1, 0.15) is 12.5 Å². The normalized spacial score (nSPS) is 10.5. The monoisotopic (exact) mass is 202 g/mol. The fourth-order valence-corrected chi connectivity index (χ4v) is 1.66. The van der Waals surface area contributed by atoms with Gasteiger partial charge in [-0.25, -0.2) is 4.39 Å². The molecule has 2 rings (SSSR count). The quantitative estimate of drug-likeness (QED) is 0.731. The van der Waals surface area contributed by atoms with E-state index in [0.29, 0.717) is 6.42 Å². The molecule has 0 saturated heterocycles. The van der Waals surface area contributed by atoms with Crippen LogP contribution in [0.25, 0.3) is 10.8 Å². The number of hydrogen-bond acceptors (Lipinski definition) is 1. The molecule has 0 aliphatic rings. The Morgan fingerprint density at radius 2 is 1.80 bits per heavy atom. The van der Waals surface area contributed by atoms with E-state index in [0.717, 1.165) is 16.3 Å². The van der Waals surface area contributed by atoms with Crippen LogP contribution >= 0.6 is 0 Å². The summed E-state index contributed by atoms with van der Waals surface area (Å²) in [6, 6.07) is 10.3. The van der Waals surface area contributed by atoms with Crippen LogP contribution in [-0.4, -0.2) is 5.78 Å². The smallest absolute Gasteiger partial charge is 0.134 e. The van der Waals surface area contributed by atoms with Crippen molar-refractivity contribution in [2.75, 3.05) is 0 Å². The summed E-state index contributed by atoms with van der Waals surface area (Å²) in [4.78, 5) is 10.9. The summed E-state index contributed by atoms with van der Waals surface area (Å²) in [7, 11) is 0. The maximum atomic E-state index is 12.9. The number of Topliss-reactive ketones (excluding diaryl/α,β-unsaturated/α-hetero) is 1. The maximum absolute atomic E-state index is 12.9. The highest BCUT2D eigenvalue weighted by Crippen LogP contribution is 2.17. The molecule has 15 heavy (non-hydrogen) atoms. The summed E-state index contributed by atoms with van der Waals surface area (Å²) >= 11 is 0. The van der Waals surface area contributed by atoms with Gasteiger partial charge in [0.1, 0.15) is 11.6 Å².